The third-order valence-corrected chi connectivity index (χ3v) is 3.61. The highest BCUT2D eigenvalue weighted by Crippen LogP contribution is 2.43. The zero-order chi connectivity index (χ0) is 13.6. The Balaban J connectivity index is 2.45. The summed E-state index contributed by atoms with van der Waals surface area (Å²) in [7, 11) is 0. The zero-order valence-electron chi connectivity index (χ0n) is 11.5. The van der Waals surface area contributed by atoms with Crippen LogP contribution in [0.15, 0.2) is 18.2 Å². The highest BCUT2D eigenvalue weighted by atomic mass is 17.0. The van der Waals surface area contributed by atoms with E-state index >= 15 is 0 Å². The van der Waals surface area contributed by atoms with Gasteiger partial charge in [-0.3, -0.25) is 0 Å². The van der Waals surface area contributed by atoms with E-state index in [4.69, 9.17) is 16.2 Å². The number of hydrogen-bond donors (Lipinski definition) is 0. The van der Waals surface area contributed by atoms with Gasteiger partial charge in [0, 0.05) is 6.07 Å². The lowest BCUT2D eigenvalue weighted by molar-refractivity contribution is -0.0271. The summed E-state index contributed by atoms with van der Waals surface area (Å²) in [6.45, 7) is 15.3. The minimum Gasteiger partial charge on any atom is -0.239 e. The number of para-hydroxylation sites is 1. The van der Waals surface area contributed by atoms with E-state index in [9.17, 15) is 0 Å². The molecule has 96 valence electrons. The van der Waals surface area contributed by atoms with Crippen LogP contribution in [0.1, 0.15) is 33.3 Å². The SMILES string of the molecule is C#[N+]c1cccc(C)c1N1OC(C)(C)C(C)(C)O1. The molecule has 2 rings (SSSR count). The fourth-order valence-electron chi connectivity index (χ4n) is 1.73. The zero-order valence-corrected chi connectivity index (χ0v) is 11.5. The second-order valence-electron chi connectivity index (χ2n) is 5.53. The second-order valence-corrected chi connectivity index (χ2v) is 5.53. The number of aryl methyl sites for hydroxylation is 1. The number of benzene rings is 1. The van der Waals surface area contributed by atoms with Gasteiger partial charge in [-0.2, -0.15) is 0 Å². The highest BCUT2D eigenvalue weighted by Gasteiger charge is 2.51. The van der Waals surface area contributed by atoms with Gasteiger partial charge in [0.05, 0.1) is 0 Å². The van der Waals surface area contributed by atoms with Crippen LogP contribution in [0.2, 0.25) is 0 Å². The largest absolute Gasteiger partial charge is 0.368 e. The molecule has 0 radical (unpaired) electrons. The molecule has 1 saturated heterocycles. The quantitative estimate of drug-likeness (QED) is 0.754. The van der Waals surface area contributed by atoms with Crippen molar-refractivity contribution in [3.05, 3.63) is 28.6 Å². The molecular formula is C14H19N2O2+. The van der Waals surface area contributed by atoms with E-state index < -0.39 is 11.2 Å². The van der Waals surface area contributed by atoms with Crippen molar-refractivity contribution < 1.29 is 9.68 Å². The monoisotopic (exact) mass is 247 g/mol. The highest BCUT2D eigenvalue weighted by molar-refractivity contribution is 5.73. The maximum Gasteiger partial charge on any atom is 0.368 e. The summed E-state index contributed by atoms with van der Waals surface area (Å²) in [4.78, 5) is 15.5. The minimum absolute atomic E-state index is 0.429. The van der Waals surface area contributed by atoms with Gasteiger partial charge in [0.25, 0.3) is 6.57 Å². The minimum atomic E-state index is -0.429. The summed E-state index contributed by atoms with van der Waals surface area (Å²) in [6, 6.07) is 5.69. The van der Waals surface area contributed by atoms with Crippen molar-refractivity contribution in [3.63, 3.8) is 0 Å². The van der Waals surface area contributed by atoms with Gasteiger partial charge in [0.1, 0.15) is 11.2 Å². The molecule has 1 aliphatic heterocycles. The first-order valence-electron chi connectivity index (χ1n) is 5.97. The van der Waals surface area contributed by atoms with Crippen LogP contribution >= 0.6 is 0 Å². The Morgan fingerprint density at radius 1 is 1.11 bits per heavy atom. The van der Waals surface area contributed by atoms with Gasteiger partial charge in [-0.25, -0.2) is 9.68 Å². The molecule has 4 nitrogen and oxygen atoms in total. The maximum absolute atomic E-state index is 5.87. The van der Waals surface area contributed by atoms with Crippen molar-refractivity contribution in [1.82, 2.24) is 0 Å². The number of hydrogen-bond acceptors (Lipinski definition) is 3. The molecule has 1 heterocycles. The summed E-state index contributed by atoms with van der Waals surface area (Å²) in [5, 5.41) is 1.43. The molecule has 0 N–H and O–H groups in total. The molecular weight excluding hydrogens is 228 g/mol. The molecule has 0 bridgehead atoms. The summed E-state index contributed by atoms with van der Waals surface area (Å²) in [6.07, 6.45) is 0. The lowest BCUT2D eigenvalue weighted by Crippen LogP contribution is -2.41. The van der Waals surface area contributed by atoms with E-state index in [2.05, 4.69) is 4.85 Å². The van der Waals surface area contributed by atoms with Gasteiger partial charge in [0.15, 0.2) is 5.69 Å². The van der Waals surface area contributed by atoms with Gasteiger partial charge in [-0.15, -0.1) is 5.23 Å². The van der Waals surface area contributed by atoms with Crippen molar-refractivity contribution in [3.8, 4) is 6.57 Å². The smallest absolute Gasteiger partial charge is 0.239 e. The predicted molar refractivity (Wildman–Crippen MR) is 72.0 cm³/mol. The number of anilines is 1. The lowest BCUT2D eigenvalue weighted by atomic mass is 9.90. The van der Waals surface area contributed by atoms with E-state index in [-0.39, 0.29) is 0 Å². The van der Waals surface area contributed by atoms with Gasteiger partial charge < -0.3 is 0 Å². The van der Waals surface area contributed by atoms with Crippen molar-refractivity contribution >= 4 is 11.4 Å². The fourth-order valence-corrected chi connectivity index (χ4v) is 1.73. The van der Waals surface area contributed by atoms with Gasteiger partial charge in [-0.05, 0) is 45.0 Å². The van der Waals surface area contributed by atoms with Crippen molar-refractivity contribution in [1.29, 1.82) is 0 Å². The first-order chi connectivity index (χ1) is 8.28. The van der Waals surface area contributed by atoms with Gasteiger partial charge in [0.2, 0.25) is 0 Å². The van der Waals surface area contributed by atoms with E-state index in [1.54, 1.807) is 0 Å². The molecule has 0 aromatic heterocycles. The van der Waals surface area contributed by atoms with Crippen LogP contribution in [-0.2, 0) is 9.68 Å². The maximum atomic E-state index is 5.87. The Hall–Kier alpha value is -1.57. The summed E-state index contributed by atoms with van der Waals surface area (Å²) in [5.74, 6) is 0. The average Bonchev–Trinajstić information content (AvgIpc) is 2.47. The molecule has 0 spiro atoms. The molecule has 1 aromatic carbocycles. The van der Waals surface area contributed by atoms with Crippen LogP contribution in [0, 0.1) is 13.5 Å². The Labute approximate surface area is 108 Å². The molecule has 4 heteroatoms. The van der Waals surface area contributed by atoms with Crippen LogP contribution in [0.4, 0.5) is 11.4 Å². The first-order valence-corrected chi connectivity index (χ1v) is 5.97. The molecule has 1 aliphatic rings. The topological polar surface area (TPSA) is 26.1 Å². The molecule has 1 aromatic rings. The first kappa shape index (κ1) is 12.9. The molecule has 0 unspecified atom stereocenters. The van der Waals surface area contributed by atoms with Crippen molar-refractivity contribution in [2.75, 3.05) is 5.23 Å². The Bertz CT molecular complexity index is 499. The molecule has 0 amide bonds. The average molecular weight is 247 g/mol. The molecule has 0 saturated carbocycles. The third kappa shape index (κ3) is 1.86. The predicted octanol–water partition coefficient (Wildman–Crippen LogP) is 3.83. The second kappa shape index (κ2) is 3.98. The molecule has 18 heavy (non-hydrogen) atoms. The van der Waals surface area contributed by atoms with Crippen LogP contribution in [0.5, 0.6) is 0 Å². The lowest BCUT2D eigenvalue weighted by Gasteiger charge is -2.26. The molecule has 0 aliphatic carbocycles. The van der Waals surface area contributed by atoms with Crippen molar-refractivity contribution in [2.45, 2.75) is 45.8 Å². The summed E-state index contributed by atoms with van der Waals surface area (Å²) < 4.78 is 0. The molecule has 0 atom stereocenters. The van der Waals surface area contributed by atoms with E-state index in [1.807, 2.05) is 52.8 Å². The molecule has 1 fully saturated rings. The Morgan fingerprint density at radius 3 is 2.17 bits per heavy atom. The van der Waals surface area contributed by atoms with Gasteiger partial charge >= 0.3 is 5.69 Å². The van der Waals surface area contributed by atoms with E-state index in [0.29, 0.717) is 5.69 Å². The normalized spacial score (nSPS) is 20.8. The van der Waals surface area contributed by atoms with Crippen LogP contribution in [0.3, 0.4) is 0 Å². The van der Waals surface area contributed by atoms with Crippen LogP contribution in [-0.4, -0.2) is 11.2 Å². The third-order valence-electron chi connectivity index (χ3n) is 3.61. The number of rotatable bonds is 1. The van der Waals surface area contributed by atoms with Crippen molar-refractivity contribution in [2.24, 2.45) is 0 Å². The van der Waals surface area contributed by atoms with Gasteiger partial charge in [-0.1, -0.05) is 12.1 Å². The standard InChI is InChI=1S/C14H19N2O2/c1-10-8-7-9-11(15-6)12(10)16-17-13(2,3)14(4,5)18-16/h6-9H,1-5H3/q+1. The Morgan fingerprint density at radius 2 is 1.67 bits per heavy atom. The fraction of sp³-hybridized carbons (Fsp3) is 0.500. The van der Waals surface area contributed by atoms with Crippen LogP contribution < -0.4 is 5.23 Å². The Kier molecular flexibility index (Phi) is 2.84. The van der Waals surface area contributed by atoms with Crippen LogP contribution in [0.25, 0.3) is 4.85 Å². The summed E-state index contributed by atoms with van der Waals surface area (Å²) >= 11 is 0. The van der Waals surface area contributed by atoms with E-state index in [0.717, 1.165) is 11.3 Å². The number of nitrogens with zero attached hydrogens (tertiary/aromatic N) is 2. The summed E-state index contributed by atoms with van der Waals surface area (Å²) in [5.41, 5.74) is 1.53. The van der Waals surface area contributed by atoms with E-state index in [1.165, 1.54) is 5.23 Å².